The van der Waals surface area contributed by atoms with Crippen molar-refractivity contribution in [3.63, 3.8) is 0 Å². The second-order valence-electron chi connectivity index (χ2n) is 2.85. The molecule has 0 bridgehead atoms. The molecule has 15 heavy (non-hydrogen) atoms. The van der Waals surface area contributed by atoms with E-state index < -0.39 is 0 Å². The number of carbonyl (C=O) groups excluding carboxylic acids is 1. The van der Waals surface area contributed by atoms with Gasteiger partial charge in [-0.05, 0) is 18.6 Å². The summed E-state index contributed by atoms with van der Waals surface area (Å²) in [7, 11) is 0. The first-order valence-electron chi connectivity index (χ1n) is 4.37. The van der Waals surface area contributed by atoms with Crippen molar-refractivity contribution in [1.82, 2.24) is 0 Å². The summed E-state index contributed by atoms with van der Waals surface area (Å²) < 4.78 is 5.36. The number of carbonyl (C=O) groups is 1. The second-order valence-corrected chi connectivity index (χ2v) is 3.69. The Morgan fingerprint density at radius 2 is 2.13 bits per heavy atom. The first kappa shape index (κ1) is 12.1. The van der Waals surface area contributed by atoms with E-state index >= 15 is 0 Å². The van der Waals surface area contributed by atoms with Crippen LogP contribution in [0.4, 0.5) is 0 Å². The van der Waals surface area contributed by atoms with E-state index in [1.54, 1.807) is 12.1 Å². The van der Waals surface area contributed by atoms with Crippen LogP contribution in [-0.2, 0) is 0 Å². The molecule has 0 N–H and O–H groups in total. The molecule has 1 rings (SSSR count). The summed E-state index contributed by atoms with van der Waals surface area (Å²) >= 11 is 11.6. The van der Waals surface area contributed by atoms with Crippen molar-refractivity contribution < 1.29 is 9.53 Å². The van der Waals surface area contributed by atoms with Gasteiger partial charge in [0.25, 0.3) is 0 Å². The van der Waals surface area contributed by atoms with Crippen molar-refractivity contribution in [3.8, 4) is 5.75 Å². The summed E-state index contributed by atoms with van der Waals surface area (Å²) in [6.45, 7) is 4.00. The fourth-order valence-corrected chi connectivity index (χ4v) is 1.63. The average Bonchev–Trinajstić information content (AvgIpc) is 2.20. The zero-order chi connectivity index (χ0) is 11.3. The molecule has 0 aliphatic heterocycles. The highest BCUT2D eigenvalue weighted by Crippen LogP contribution is 2.31. The molecule has 0 heterocycles. The molecular weight excluding hydrogens is 235 g/mol. The van der Waals surface area contributed by atoms with Gasteiger partial charge in [-0.1, -0.05) is 29.3 Å². The number of benzene rings is 1. The zero-order valence-corrected chi connectivity index (χ0v) is 9.52. The van der Waals surface area contributed by atoms with E-state index in [1.165, 1.54) is 6.07 Å². The van der Waals surface area contributed by atoms with Crippen LogP contribution in [0.1, 0.15) is 16.8 Å². The second kappa shape index (κ2) is 5.79. The maximum absolute atomic E-state index is 10.7. The highest BCUT2D eigenvalue weighted by molar-refractivity contribution is 6.36. The van der Waals surface area contributed by atoms with Crippen LogP contribution in [0.3, 0.4) is 0 Å². The van der Waals surface area contributed by atoms with Gasteiger partial charge in [-0.2, -0.15) is 0 Å². The quantitative estimate of drug-likeness (QED) is 0.448. The van der Waals surface area contributed by atoms with E-state index in [1.807, 2.05) is 0 Å². The van der Waals surface area contributed by atoms with Gasteiger partial charge in [0.05, 0.1) is 17.2 Å². The summed E-state index contributed by atoms with van der Waals surface area (Å²) in [4.78, 5) is 10.7. The molecule has 0 aromatic heterocycles. The third-order valence-corrected chi connectivity index (χ3v) is 2.23. The van der Waals surface area contributed by atoms with E-state index in [2.05, 4.69) is 6.58 Å². The molecule has 0 saturated heterocycles. The van der Waals surface area contributed by atoms with Crippen molar-refractivity contribution in [2.45, 2.75) is 6.42 Å². The van der Waals surface area contributed by atoms with Crippen molar-refractivity contribution in [2.75, 3.05) is 6.61 Å². The normalized spacial score (nSPS) is 9.73. The molecule has 1 aromatic rings. The fourth-order valence-electron chi connectivity index (χ4n) is 1.06. The predicted molar refractivity (Wildman–Crippen MR) is 62.2 cm³/mol. The molecule has 1 aromatic carbocycles. The number of halogens is 2. The summed E-state index contributed by atoms with van der Waals surface area (Å²) in [5.74, 6) is 0.373. The minimum absolute atomic E-state index is 0.341. The third kappa shape index (κ3) is 3.26. The Morgan fingerprint density at radius 3 is 2.73 bits per heavy atom. The molecule has 0 radical (unpaired) electrons. The van der Waals surface area contributed by atoms with Crippen LogP contribution in [-0.4, -0.2) is 12.9 Å². The van der Waals surface area contributed by atoms with Gasteiger partial charge in [0, 0.05) is 5.02 Å². The maximum atomic E-state index is 10.7. The number of hydrogen-bond acceptors (Lipinski definition) is 2. The minimum Gasteiger partial charge on any atom is -0.491 e. The molecule has 0 atom stereocenters. The van der Waals surface area contributed by atoms with Gasteiger partial charge in [0.2, 0.25) is 0 Å². The Kier molecular flexibility index (Phi) is 4.66. The highest BCUT2D eigenvalue weighted by Gasteiger charge is 2.09. The van der Waals surface area contributed by atoms with Crippen molar-refractivity contribution >= 4 is 29.5 Å². The van der Waals surface area contributed by atoms with Crippen molar-refractivity contribution in [2.24, 2.45) is 0 Å². The molecule has 0 saturated carbocycles. The predicted octanol–water partition coefficient (Wildman–Crippen LogP) is 3.76. The summed E-state index contributed by atoms with van der Waals surface area (Å²) in [6, 6.07) is 3.06. The Bertz CT molecular complexity index is 375. The SMILES string of the molecule is C=CCCOc1c(Cl)cc(Cl)cc1C=O. The Morgan fingerprint density at radius 1 is 1.40 bits per heavy atom. The molecular formula is C11H10Cl2O2. The Labute approximate surface area is 98.4 Å². The molecule has 0 unspecified atom stereocenters. The van der Waals surface area contributed by atoms with Gasteiger partial charge in [-0.3, -0.25) is 4.79 Å². The van der Waals surface area contributed by atoms with E-state index in [9.17, 15) is 4.79 Å². The summed E-state index contributed by atoms with van der Waals surface area (Å²) in [5, 5.41) is 0.756. The lowest BCUT2D eigenvalue weighted by Crippen LogP contribution is -1.99. The van der Waals surface area contributed by atoms with Crippen LogP contribution in [0.15, 0.2) is 24.8 Å². The number of rotatable bonds is 5. The summed E-state index contributed by atoms with van der Waals surface area (Å²) in [5.41, 5.74) is 0.358. The molecule has 0 fully saturated rings. The molecule has 0 aliphatic rings. The minimum atomic E-state index is 0.341. The first-order valence-corrected chi connectivity index (χ1v) is 5.12. The van der Waals surface area contributed by atoms with Gasteiger partial charge in [-0.25, -0.2) is 0 Å². The van der Waals surface area contributed by atoms with Gasteiger partial charge in [-0.15, -0.1) is 6.58 Å². The van der Waals surface area contributed by atoms with Gasteiger partial charge < -0.3 is 4.74 Å². The lowest BCUT2D eigenvalue weighted by molar-refractivity contribution is 0.111. The van der Waals surface area contributed by atoms with Crippen LogP contribution < -0.4 is 4.74 Å². The highest BCUT2D eigenvalue weighted by atomic mass is 35.5. The molecule has 0 aliphatic carbocycles. The van der Waals surface area contributed by atoms with E-state index in [4.69, 9.17) is 27.9 Å². The van der Waals surface area contributed by atoms with Gasteiger partial charge in [0.1, 0.15) is 5.75 Å². The largest absolute Gasteiger partial charge is 0.491 e. The van der Waals surface area contributed by atoms with Crippen LogP contribution in [0.5, 0.6) is 5.75 Å². The third-order valence-electron chi connectivity index (χ3n) is 1.73. The lowest BCUT2D eigenvalue weighted by Gasteiger charge is -2.09. The van der Waals surface area contributed by atoms with Gasteiger partial charge >= 0.3 is 0 Å². The molecule has 4 heteroatoms. The molecule has 0 amide bonds. The van der Waals surface area contributed by atoms with Crippen LogP contribution in [0.2, 0.25) is 10.0 Å². The molecule has 80 valence electrons. The molecule has 2 nitrogen and oxygen atoms in total. The van der Waals surface area contributed by atoms with Crippen molar-refractivity contribution in [1.29, 1.82) is 0 Å². The fraction of sp³-hybridized carbons (Fsp3) is 0.182. The maximum Gasteiger partial charge on any atom is 0.153 e. The van der Waals surface area contributed by atoms with E-state index in [-0.39, 0.29) is 0 Å². The summed E-state index contributed by atoms with van der Waals surface area (Å²) in [6.07, 6.45) is 3.09. The number of aldehydes is 1. The van der Waals surface area contributed by atoms with E-state index in [0.717, 1.165) is 0 Å². The first-order chi connectivity index (χ1) is 7.19. The van der Waals surface area contributed by atoms with E-state index in [0.29, 0.717) is 40.7 Å². The standard InChI is InChI=1S/C11H10Cl2O2/c1-2-3-4-15-11-8(7-14)5-9(12)6-10(11)13/h2,5-7H,1,3-4H2. The zero-order valence-electron chi connectivity index (χ0n) is 8.00. The van der Waals surface area contributed by atoms with Crippen LogP contribution >= 0.6 is 23.2 Å². The van der Waals surface area contributed by atoms with Crippen LogP contribution in [0.25, 0.3) is 0 Å². The Balaban J connectivity index is 2.93. The smallest absolute Gasteiger partial charge is 0.153 e. The van der Waals surface area contributed by atoms with Crippen LogP contribution in [0, 0.1) is 0 Å². The Hall–Kier alpha value is -0.990. The average molecular weight is 245 g/mol. The topological polar surface area (TPSA) is 26.3 Å². The lowest BCUT2D eigenvalue weighted by atomic mass is 10.2. The van der Waals surface area contributed by atoms with Crippen molar-refractivity contribution in [3.05, 3.63) is 40.4 Å². The number of ether oxygens (including phenoxy) is 1. The monoisotopic (exact) mass is 244 g/mol. The van der Waals surface area contributed by atoms with Gasteiger partial charge in [0.15, 0.2) is 6.29 Å². The molecule has 0 spiro atoms. The number of hydrogen-bond donors (Lipinski definition) is 0.